The minimum atomic E-state index is -2.87. The monoisotopic (exact) mass is 332 g/mol. The van der Waals surface area contributed by atoms with E-state index >= 15 is 0 Å². The van der Waals surface area contributed by atoms with Crippen molar-refractivity contribution in [1.82, 2.24) is 9.55 Å². The van der Waals surface area contributed by atoms with E-state index in [1.54, 1.807) is 29.1 Å². The standard InChI is InChI=1S/C17H14F2N2O3/c1-23-17(22)15-14(16(18)19)13-11(3-2-4-12(13)24-15)21-7-10(20-8-21)9-5-6-9/h2-4,7-9,16H,5-6H2,1H3. The van der Waals surface area contributed by atoms with Crippen LogP contribution in [0.25, 0.3) is 16.7 Å². The van der Waals surface area contributed by atoms with Crippen molar-refractivity contribution in [2.75, 3.05) is 7.11 Å². The molecule has 0 spiro atoms. The number of methoxy groups -OCH3 is 1. The van der Waals surface area contributed by atoms with E-state index in [9.17, 15) is 13.6 Å². The summed E-state index contributed by atoms with van der Waals surface area (Å²) in [5.41, 5.74) is 1.21. The molecule has 1 aromatic carbocycles. The predicted molar refractivity (Wildman–Crippen MR) is 81.6 cm³/mol. The molecule has 0 aliphatic heterocycles. The number of fused-ring (bicyclic) bond motifs is 1. The van der Waals surface area contributed by atoms with Crippen molar-refractivity contribution in [2.24, 2.45) is 0 Å². The summed E-state index contributed by atoms with van der Waals surface area (Å²) in [5, 5.41) is 0.202. The summed E-state index contributed by atoms with van der Waals surface area (Å²) in [4.78, 5) is 16.1. The summed E-state index contributed by atoms with van der Waals surface area (Å²) in [5.74, 6) is -0.927. The van der Waals surface area contributed by atoms with Crippen LogP contribution in [0.15, 0.2) is 35.1 Å². The summed E-state index contributed by atoms with van der Waals surface area (Å²) >= 11 is 0. The fourth-order valence-electron chi connectivity index (χ4n) is 2.88. The second-order valence-electron chi connectivity index (χ2n) is 5.77. The van der Waals surface area contributed by atoms with Crippen molar-refractivity contribution < 1.29 is 22.7 Å². The van der Waals surface area contributed by atoms with Gasteiger partial charge >= 0.3 is 5.97 Å². The highest BCUT2D eigenvalue weighted by molar-refractivity contribution is 5.99. The second kappa shape index (κ2) is 5.43. The fraction of sp³-hybridized carbons (Fsp3) is 0.294. The maximum Gasteiger partial charge on any atom is 0.374 e. The number of alkyl halides is 2. The van der Waals surface area contributed by atoms with Crippen molar-refractivity contribution in [2.45, 2.75) is 25.2 Å². The molecule has 2 aromatic heterocycles. The van der Waals surface area contributed by atoms with E-state index in [2.05, 4.69) is 9.72 Å². The first-order chi connectivity index (χ1) is 11.6. The highest BCUT2D eigenvalue weighted by Crippen LogP contribution is 2.41. The Morgan fingerprint density at radius 2 is 2.21 bits per heavy atom. The van der Waals surface area contributed by atoms with Gasteiger partial charge in [-0.15, -0.1) is 0 Å². The Bertz CT molecular complexity index is 925. The number of halogens is 2. The zero-order valence-corrected chi connectivity index (χ0v) is 12.8. The lowest BCUT2D eigenvalue weighted by Crippen LogP contribution is -2.04. The van der Waals surface area contributed by atoms with Crippen molar-refractivity contribution in [3.63, 3.8) is 0 Å². The molecule has 5 nitrogen and oxygen atoms in total. The summed E-state index contributed by atoms with van der Waals surface area (Å²) in [6, 6.07) is 4.94. The van der Waals surface area contributed by atoms with Gasteiger partial charge in [0, 0.05) is 12.1 Å². The Labute approximate surface area is 135 Å². The van der Waals surface area contributed by atoms with Gasteiger partial charge in [-0.2, -0.15) is 0 Å². The van der Waals surface area contributed by atoms with Gasteiger partial charge in [-0.05, 0) is 25.0 Å². The third kappa shape index (κ3) is 2.28. The number of hydrogen-bond acceptors (Lipinski definition) is 4. The van der Waals surface area contributed by atoms with Gasteiger partial charge in [0.1, 0.15) is 5.58 Å². The van der Waals surface area contributed by atoms with E-state index in [1.807, 2.05) is 6.20 Å². The molecule has 2 heterocycles. The molecule has 0 amide bonds. The number of rotatable bonds is 4. The van der Waals surface area contributed by atoms with Crippen LogP contribution in [0, 0.1) is 0 Å². The number of benzene rings is 1. The molecule has 0 unspecified atom stereocenters. The Kier molecular flexibility index (Phi) is 3.37. The molecule has 1 fully saturated rings. The van der Waals surface area contributed by atoms with Gasteiger partial charge in [0.25, 0.3) is 6.43 Å². The van der Waals surface area contributed by atoms with E-state index in [0.29, 0.717) is 11.6 Å². The quantitative estimate of drug-likeness (QED) is 0.671. The third-order valence-electron chi connectivity index (χ3n) is 4.20. The molecule has 0 saturated heterocycles. The third-order valence-corrected chi connectivity index (χ3v) is 4.20. The molecule has 1 saturated carbocycles. The van der Waals surface area contributed by atoms with Crippen LogP contribution >= 0.6 is 0 Å². The second-order valence-corrected chi connectivity index (χ2v) is 5.77. The van der Waals surface area contributed by atoms with E-state index in [4.69, 9.17) is 4.42 Å². The molecule has 0 radical (unpaired) electrons. The first kappa shape index (κ1) is 14.9. The molecule has 0 bridgehead atoms. The maximum atomic E-state index is 13.6. The van der Waals surface area contributed by atoms with Crippen molar-refractivity contribution in [3.05, 3.63) is 47.7 Å². The Hall–Kier alpha value is -2.70. The lowest BCUT2D eigenvalue weighted by molar-refractivity contribution is 0.0553. The fourth-order valence-corrected chi connectivity index (χ4v) is 2.88. The summed E-state index contributed by atoms with van der Waals surface area (Å²) in [6.45, 7) is 0. The normalized spacial score (nSPS) is 14.5. The molecule has 7 heteroatoms. The predicted octanol–water partition coefficient (Wildman–Crippen LogP) is 4.22. The first-order valence-electron chi connectivity index (χ1n) is 7.56. The van der Waals surface area contributed by atoms with Crippen LogP contribution in [0.5, 0.6) is 0 Å². The van der Waals surface area contributed by atoms with E-state index in [0.717, 1.165) is 25.6 Å². The average molecular weight is 332 g/mol. The van der Waals surface area contributed by atoms with Crippen LogP contribution < -0.4 is 0 Å². The van der Waals surface area contributed by atoms with Crippen LogP contribution in [0.1, 0.15) is 47.0 Å². The number of hydrogen-bond donors (Lipinski definition) is 0. The lowest BCUT2D eigenvalue weighted by Gasteiger charge is -2.06. The number of carbonyl (C=O) groups excluding carboxylic acids is 1. The van der Waals surface area contributed by atoms with E-state index in [1.165, 1.54) is 0 Å². The molecule has 1 aliphatic carbocycles. The zero-order chi connectivity index (χ0) is 16.8. The summed E-state index contributed by atoms with van der Waals surface area (Å²) in [7, 11) is 1.13. The first-order valence-corrected chi connectivity index (χ1v) is 7.56. The van der Waals surface area contributed by atoms with Gasteiger partial charge in [-0.25, -0.2) is 18.6 Å². The van der Waals surface area contributed by atoms with Gasteiger partial charge in [0.2, 0.25) is 5.76 Å². The van der Waals surface area contributed by atoms with Crippen LogP contribution in [-0.4, -0.2) is 22.6 Å². The van der Waals surface area contributed by atoms with Crippen LogP contribution in [0.4, 0.5) is 8.78 Å². The van der Waals surface area contributed by atoms with E-state index in [-0.39, 0.29) is 11.0 Å². The van der Waals surface area contributed by atoms with Crippen LogP contribution in [0.3, 0.4) is 0 Å². The van der Waals surface area contributed by atoms with Gasteiger partial charge in [0.15, 0.2) is 0 Å². The zero-order valence-electron chi connectivity index (χ0n) is 12.8. The Morgan fingerprint density at radius 3 is 2.88 bits per heavy atom. The number of ether oxygens (including phenoxy) is 1. The molecular weight excluding hydrogens is 318 g/mol. The van der Waals surface area contributed by atoms with Crippen molar-refractivity contribution in [3.8, 4) is 5.69 Å². The highest BCUT2D eigenvalue weighted by Gasteiger charge is 2.30. The molecule has 4 rings (SSSR count). The molecule has 1 aliphatic rings. The number of aromatic nitrogens is 2. The summed E-state index contributed by atoms with van der Waals surface area (Å²) in [6.07, 6.45) is 2.77. The van der Waals surface area contributed by atoms with Gasteiger partial charge < -0.3 is 13.7 Å². The Morgan fingerprint density at radius 1 is 1.42 bits per heavy atom. The minimum absolute atomic E-state index is 0.202. The van der Waals surface area contributed by atoms with Crippen LogP contribution in [0.2, 0.25) is 0 Å². The average Bonchev–Trinajstić information content (AvgIpc) is 3.17. The number of esters is 1. The largest absolute Gasteiger partial charge is 0.463 e. The van der Waals surface area contributed by atoms with Gasteiger partial charge in [0.05, 0.1) is 35.8 Å². The summed E-state index contributed by atoms with van der Waals surface area (Å²) < 4.78 is 38.9. The molecule has 124 valence electrons. The number of nitrogens with zero attached hydrogens (tertiary/aromatic N) is 2. The molecule has 0 N–H and O–H groups in total. The maximum absolute atomic E-state index is 13.6. The smallest absolute Gasteiger partial charge is 0.374 e. The molecule has 3 aromatic rings. The lowest BCUT2D eigenvalue weighted by atomic mass is 10.1. The van der Waals surface area contributed by atoms with Gasteiger partial charge in [-0.3, -0.25) is 0 Å². The van der Waals surface area contributed by atoms with Crippen molar-refractivity contribution >= 4 is 16.9 Å². The van der Waals surface area contributed by atoms with Crippen LogP contribution in [-0.2, 0) is 4.74 Å². The van der Waals surface area contributed by atoms with Crippen molar-refractivity contribution in [1.29, 1.82) is 0 Å². The number of carbonyl (C=O) groups is 1. The Balaban J connectivity index is 1.94. The minimum Gasteiger partial charge on any atom is -0.463 e. The highest BCUT2D eigenvalue weighted by atomic mass is 19.3. The topological polar surface area (TPSA) is 57.3 Å². The number of imidazole rings is 1. The molecular formula is C17H14F2N2O3. The van der Waals surface area contributed by atoms with E-state index < -0.39 is 23.7 Å². The number of furan rings is 1. The molecule has 0 atom stereocenters. The van der Waals surface area contributed by atoms with Gasteiger partial charge in [-0.1, -0.05) is 6.07 Å². The SMILES string of the molecule is COC(=O)c1oc2cccc(-n3cnc(C4CC4)c3)c2c1C(F)F. The molecule has 24 heavy (non-hydrogen) atoms.